The highest BCUT2D eigenvalue weighted by molar-refractivity contribution is 5.80. The van der Waals surface area contributed by atoms with E-state index in [9.17, 15) is 9.59 Å². The smallest absolute Gasteiger partial charge is 0.249 e. The Balaban J connectivity index is 1.57. The van der Waals surface area contributed by atoms with Crippen molar-refractivity contribution in [2.75, 3.05) is 26.7 Å². The number of fused-ring (bicyclic) bond motifs is 1. The normalized spacial score (nSPS) is 25.4. The third kappa shape index (κ3) is 3.02. The number of rotatable bonds is 3. The van der Waals surface area contributed by atoms with Crippen molar-refractivity contribution in [2.24, 2.45) is 0 Å². The van der Waals surface area contributed by atoms with Crippen LogP contribution >= 0.6 is 0 Å². The van der Waals surface area contributed by atoms with E-state index in [1.807, 2.05) is 60.3 Å². The van der Waals surface area contributed by atoms with Crippen molar-refractivity contribution < 1.29 is 14.3 Å². The molecule has 0 N–H and O–H groups in total. The molecule has 2 fully saturated rings. The van der Waals surface area contributed by atoms with Gasteiger partial charge >= 0.3 is 0 Å². The van der Waals surface area contributed by atoms with Gasteiger partial charge in [-0.2, -0.15) is 5.10 Å². The summed E-state index contributed by atoms with van der Waals surface area (Å²) in [5, 5.41) is 4.20. The fraction of sp³-hybridized carbons (Fsp3) is 0.450. The Hall–Kier alpha value is -2.67. The molecular formula is C20H24N4O3. The van der Waals surface area contributed by atoms with Crippen molar-refractivity contribution in [2.45, 2.75) is 31.5 Å². The first-order valence-corrected chi connectivity index (χ1v) is 9.21. The van der Waals surface area contributed by atoms with Gasteiger partial charge in [0.2, 0.25) is 11.8 Å². The summed E-state index contributed by atoms with van der Waals surface area (Å²) >= 11 is 0. The molecule has 0 bridgehead atoms. The molecule has 2 aliphatic rings. The molecule has 1 aromatic heterocycles. The van der Waals surface area contributed by atoms with E-state index in [0.717, 1.165) is 11.1 Å². The minimum absolute atomic E-state index is 0.0166. The Morgan fingerprint density at radius 2 is 2.11 bits per heavy atom. The summed E-state index contributed by atoms with van der Waals surface area (Å²) in [7, 11) is 1.84. The van der Waals surface area contributed by atoms with Crippen LogP contribution in [0.4, 0.5) is 0 Å². The fourth-order valence-electron chi connectivity index (χ4n) is 4.24. The highest BCUT2D eigenvalue weighted by Crippen LogP contribution is 2.42. The van der Waals surface area contributed by atoms with Crippen LogP contribution in [0.15, 0.2) is 42.7 Å². The lowest BCUT2D eigenvalue weighted by atomic mass is 9.76. The lowest BCUT2D eigenvalue weighted by Crippen LogP contribution is -2.67. The van der Waals surface area contributed by atoms with Crippen LogP contribution in [0.2, 0.25) is 0 Å². The molecule has 27 heavy (non-hydrogen) atoms. The molecule has 2 aliphatic heterocycles. The molecule has 0 unspecified atom stereocenters. The summed E-state index contributed by atoms with van der Waals surface area (Å²) in [5.74, 6) is -0.00943. The zero-order valence-corrected chi connectivity index (χ0v) is 15.7. The van der Waals surface area contributed by atoms with Crippen LogP contribution in [-0.2, 0) is 26.4 Å². The molecule has 0 spiro atoms. The number of hydrogen-bond donors (Lipinski definition) is 0. The molecule has 0 aliphatic carbocycles. The number of benzene rings is 1. The second kappa shape index (κ2) is 6.81. The summed E-state index contributed by atoms with van der Waals surface area (Å²) in [5.41, 5.74) is 1.55. The Labute approximate surface area is 158 Å². The second-order valence-electron chi connectivity index (χ2n) is 7.35. The number of aryl methyl sites for hydroxylation is 1. The topological polar surface area (TPSA) is 67.7 Å². The van der Waals surface area contributed by atoms with Crippen molar-refractivity contribution in [3.8, 4) is 0 Å². The number of carbonyl (C=O) groups is 2. The number of likely N-dealkylation sites (tertiary alicyclic amines) is 1. The molecule has 4 rings (SSSR count). The summed E-state index contributed by atoms with van der Waals surface area (Å²) in [4.78, 5) is 28.8. The molecule has 3 heterocycles. The van der Waals surface area contributed by atoms with Gasteiger partial charge in [0.25, 0.3) is 0 Å². The maximum absolute atomic E-state index is 12.8. The summed E-state index contributed by atoms with van der Waals surface area (Å²) in [6.45, 7) is 3.26. The van der Waals surface area contributed by atoms with E-state index in [1.54, 1.807) is 10.9 Å². The molecule has 7 heteroatoms. The van der Waals surface area contributed by atoms with Crippen molar-refractivity contribution in [3.63, 3.8) is 0 Å². The first kappa shape index (κ1) is 17.7. The zero-order chi connectivity index (χ0) is 19.0. The van der Waals surface area contributed by atoms with Crippen LogP contribution in [0, 0.1) is 6.92 Å². The number of aromatic nitrogens is 2. The predicted octanol–water partition coefficient (Wildman–Crippen LogP) is 1.18. The van der Waals surface area contributed by atoms with Gasteiger partial charge in [-0.05, 0) is 24.5 Å². The molecule has 142 valence electrons. The van der Waals surface area contributed by atoms with E-state index < -0.39 is 5.54 Å². The number of hydrogen-bond acceptors (Lipinski definition) is 4. The van der Waals surface area contributed by atoms with Gasteiger partial charge in [0.15, 0.2) is 0 Å². The summed E-state index contributed by atoms with van der Waals surface area (Å²) < 4.78 is 7.61. The average Bonchev–Trinajstić information content (AvgIpc) is 3.10. The van der Waals surface area contributed by atoms with Crippen LogP contribution < -0.4 is 0 Å². The highest BCUT2D eigenvalue weighted by atomic mass is 16.5. The monoisotopic (exact) mass is 368 g/mol. The SMILES string of the molecule is Cc1cnn(CC(=O)N2CC[C@]3(c4ccccc4)[C@@H](C2)OCC(=O)N3C)c1. The van der Waals surface area contributed by atoms with Crippen molar-refractivity contribution in [1.82, 2.24) is 19.6 Å². The van der Waals surface area contributed by atoms with Crippen LogP contribution in [-0.4, -0.2) is 64.2 Å². The fourth-order valence-corrected chi connectivity index (χ4v) is 4.24. The summed E-state index contributed by atoms with van der Waals surface area (Å²) in [6, 6.07) is 9.99. The molecule has 0 saturated carbocycles. The summed E-state index contributed by atoms with van der Waals surface area (Å²) in [6.07, 6.45) is 4.00. The third-order valence-corrected chi connectivity index (χ3v) is 5.75. The molecule has 7 nitrogen and oxygen atoms in total. The number of likely N-dealkylation sites (N-methyl/N-ethyl adjacent to an activating group) is 1. The van der Waals surface area contributed by atoms with Gasteiger partial charge in [0, 0.05) is 26.3 Å². The Morgan fingerprint density at radius 1 is 1.33 bits per heavy atom. The standard InChI is InChI=1S/C20H24N4O3/c1-15-10-21-24(11-15)13-18(25)23-9-8-20(16-6-4-3-5-7-16)17(12-23)27-14-19(26)22(20)2/h3-7,10-11,17H,8-9,12-14H2,1-2H3/t17-,20+/m1/s1. The minimum atomic E-state index is -0.532. The lowest BCUT2D eigenvalue weighted by molar-refractivity contribution is -0.184. The van der Waals surface area contributed by atoms with E-state index in [1.165, 1.54) is 0 Å². The molecule has 2 saturated heterocycles. The van der Waals surface area contributed by atoms with Crippen molar-refractivity contribution in [3.05, 3.63) is 53.9 Å². The van der Waals surface area contributed by atoms with Gasteiger partial charge in [-0.1, -0.05) is 30.3 Å². The largest absolute Gasteiger partial charge is 0.364 e. The second-order valence-corrected chi connectivity index (χ2v) is 7.35. The van der Waals surface area contributed by atoms with Gasteiger partial charge in [0.1, 0.15) is 19.3 Å². The van der Waals surface area contributed by atoms with E-state index in [4.69, 9.17) is 4.74 Å². The maximum atomic E-state index is 12.8. The number of ether oxygens (including phenoxy) is 1. The van der Waals surface area contributed by atoms with Crippen molar-refractivity contribution >= 4 is 11.8 Å². The Kier molecular flexibility index (Phi) is 4.47. The highest BCUT2D eigenvalue weighted by Gasteiger charge is 2.53. The van der Waals surface area contributed by atoms with E-state index in [0.29, 0.717) is 19.5 Å². The average molecular weight is 368 g/mol. The maximum Gasteiger partial charge on any atom is 0.249 e. The molecular weight excluding hydrogens is 344 g/mol. The van der Waals surface area contributed by atoms with Gasteiger partial charge in [0.05, 0.1) is 11.7 Å². The quantitative estimate of drug-likeness (QED) is 0.816. The van der Waals surface area contributed by atoms with E-state index in [2.05, 4.69) is 5.10 Å². The third-order valence-electron chi connectivity index (χ3n) is 5.75. The Morgan fingerprint density at radius 3 is 2.81 bits per heavy atom. The van der Waals surface area contributed by atoms with Gasteiger partial charge in [-0.15, -0.1) is 0 Å². The van der Waals surface area contributed by atoms with Gasteiger partial charge < -0.3 is 14.5 Å². The number of piperidine rings is 1. The van der Waals surface area contributed by atoms with Crippen LogP contribution in [0.3, 0.4) is 0 Å². The minimum Gasteiger partial charge on any atom is -0.364 e. The van der Waals surface area contributed by atoms with Crippen LogP contribution in [0.1, 0.15) is 17.5 Å². The number of carbonyl (C=O) groups excluding carboxylic acids is 2. The first-order valence-electron chi connectivity index (χ1n) is 9.21. The zero-order valence-electron chi connectivity index (χ0n) is 15.7. The van der Waals surface area contributed by atoms with E-state index >= 15 is 0 Å². The Bertz CT molecular complexity index is 850. The number of nitrogens with zero attached hydrogens (tertiary/aromatic N) is 4. The van der Waals surface area contributed by atoms with Crippen LogP contribution in [0.25, 0.3) is 0 Å². The molecule has 2 amide bonds. The molecule has 2 atom stereocenters. The lowest BCUT2D eigenvalue weighted by Gasteiger charge is -2.54. The van der Waals surface area contributed by atoms with Crippen molar-refractivity contribution in [1.29, 1.82) is 0 Å². The van der Waals surface area contributed by atoms with Gasteiger partial charge in [-0.3, -0.25) is 14.3 Å². The molecule has 1 aromatic carbocycles. The number of amides is 2. The molecule has 0 radical (unpaired) electrons. The number of morpholine rings is 1. The van der Waals surface area contributed by atoms with Gasteiger partial charge in [-0.25, -0.2) is 0 Å². The van der Waals surface area contributed by atoms with Crippen LogP contribution in [0.5, 0.6) is 0 Å². The predicted molar refractivity (Wildman–Crippen MR) is 98.8 cm³/mol. The molecule has 2 aromatic rings. The van der Waals surface area contributed by atoms with E-state index in [-0.39, 0.29) is 31.1 Å². The first-order chi connectivity index (χ1) is 13.0.